The summed E-state index contributed by atoms with van der Waals surface area (Å²) in [4.78, 5) is 20.8. The van der Waals surface area contributed by atoms with Gasteiger partial charge in [0.25, 0.3) is 15.9 Å². The zero-order valence-corrected chi connectivity index (χ0v) is 18.9. The number of anilines is 2. The SMILES string of the molecule is CCn1c(C(=O)Nc2ccc(S(=O)(=O)Nc3ncccn3)cc2)c(C)c2cc(Cl)ccc21. The third kappa shape index (κ3) is 4.17. The Labute approximate surface area is 190 Å². The van der Waals surface area contributed by atoms with E-state index in [9.17, 15) is 13.2 Å². The standard InChI is InChI=1S/C22H20ClN5O3S/c1-3-28-19-10-5-15(23)13-18(19)14(2)20(28)21(29)26-16-6-8-17(9-7-16)32(30,31)27-22-24-11-4-12-25-22/h4-13H,3H2,1-2H3,(H,26,29)(H,24,25,27). The quantitative estimate of drug-likeness (QED) is 0.433. The third-order valence-corrected chi connectivity index (χ3v) is 6.60. The molecule has 164 valence electrons. The Hall–Kier alpha value is -3.43. The highest BCUT2D eigenvalue weighted by molar-refractivity contribution is 7.92. The van der Waals surface area contributed by atoms with Crippen molar-refractivity contribution in [2.75, 3.05) is 10.0 Å². The molecule has 0 unspecified atom stereocenters. The molecule has 1 amide bonds. The maximum absolute atomic E-state index is 13.1. The van der Waals surface area contributed by atoms with Crippen LogP contribution in [0.5, 0.6) is 0 Å². The van der Waals surface area contributed by atoms with Crippen LogP contribution in [0.15, 0.2) is 65.8 Å². The smallest absolute Gasteiger partial charge is 0.272 e. The van der Waals surface area contributed by atoms with Gasteiger partial charge in [0.15, 0.2) is 0 Å². The highest BCUT2D eigenvalue weighted by Crippen LogP contribution is 2.29. The van der Waals surface area contributed by atoms with Gasteiger partial charge in [-0.15, -0.1) is 0 Å². The monoisotopic (exact) mass is 469 g/mol. The second-order valence-corrected chi connectivity index (χ2v) is 9.15. The molecule has 2 aromatic heterocycles. The number of benzene rings is 2. The van der Waals surface area contributed by atoms with E-state index in [0.717, 1.165) is 16.5 Å². The van der Waals surface area contributed by atoms with Gasteiger partial charge in [-0.1, -0.05) is 11.6 Å². The molecule has 0 aliphatic heterocycles. The number of sulfonamides is 1. The molecule has 32 heavy (non-hydrogen) atoms. The molecule has 0 fully saturated rings. The van der Waals surface area contributed by atoms with Crippen molar-refractivity contribution in [2.45, 2.75) is 25.3 Å². The molecule has 0 atom stereocenters. The number of aromatic nitrogens is 3. The van der Waals surface area contributed by atoms with E-state index in [1.807, 2.05) is 30.5 Å². The van der Waals surface area contributed by atoms with E-state index < -0.39 is 10.0 Å². The van der Waals surface area contributed by atoms with Crippen molar-refractivity contribution in [1.82, 2.24) is 14.5 Å². The van der Waals surface area contributed by atoms with Gasteiger partial charge in [0.05, 0.1) is 4.90 Å². The van der Waals surface area contributed by atoms with Crippen LogP contribution in [0.25, 0.3) is 10.9 Å². The molecule has 0 radical (unpaired) electrons. The van der Waals surface area contributed by atoms with Crippen molar-refractivity contribution in [3.63, 3.8) is 0 Å². The molecule has 4 rings (SSSR count). The van der Waals surface area contributed by atoms with E-state index >= 15 is 0 Å². The Kier molecular flexibility index (Phi) is 5.86. The number of nitrogens with zero attached hydrogens (tertiary/aromatic N) is 3. The summed E-state index contributed by atoms with van der Waals surface area (Å²) in [6.45, 7) is 4.46. The summed E-state index contributed by atoms with van der Waals surface area (Å²) in [5.74, 6) is -0.309. The number of nitrogens with one attached hydrogen (secondary N) is 2. The Morgan fingerprint density at radius 1 is 1.09 bits per heavy atom. The number of fused-ring (bicyclic) bond motifs is 1. The summed E-state index contributed by atoms with van der Waals surface area (Å²) < 4.78 is 29.3. The average Bonchev–Trinajstić information content (AvgIpc) is 3.05. The molecular formula is C22H20ClN5O3S. The minimum absolute atomic E-state index is 0.0205. The third-order valence-electron chi connectivity index (χ3n) is 5.02. The molecule has 2 heterocycles. The predicted molar refractivity (Wildman–Crippen MR) is 125 cm³/mol. The van der Waals surface area contributed by atoms with Crippen LogP contribution >= 0.6 is 11.6 Å². The minimum atomic E-state index is -3.85. The Morgan fingerprint density at radius 2 is 1.78 bits per heavy atom. The topological polar surface area (TPSA) is 106 Å². The minimum Gasteiger partial charge on any atom is -0.337 e. The van der Waals surface area contributed by atoms with Gasteiger partial charge in [0.1, 0.15) is 5.69 Å². The van der Waals surface area contributed by atoms with Gasteiger partial charge in [-0.05, 0) is 67.9 Å². The van der Waals surface area contributed by atoms with Crippen molar-refractivity contribution in [3.8, 4) is 0 Å². The van der Waals surface area contributed by atoms with Crippen LogP contribution in [-0.2, 0) is 16.6 Å². The molecule has 4 aromatic rings. The fraction of sp³-hybridized carbons (Fsp3) is 0.136. The van der Waals surface area contributed by atoms with E-state index in [1.165, 1.54) is 36.7 Å². The molecule has 0 spiro atoms. The first-order valence-electron chi connectivity index (χ1n) is 9.79. The Bertz CT molecular complexity index is 1400. The second-order valence-electron chi connectivity index (χ2n) is 7.04. The molecule has 0 saturated heterocycles. The molecule has 2 aromatic carbocycles. The fourth-order valence-electron chi connectivity index (χ4n) is 3.55. The maximum atomic E-state index is 13.1. The van der Waals surface area contributed by atoms with Gasteiger partial charge in [0, 0.05) is 40.6 Å². The number of hydrogen-bond acceptors (Lipinski definition) is 5. The zero-order chi connectivity index (χ0) is 22.9. The molecule has 0 bridgehead atoms. The van der Waals surface area contributed by atoms with Crippen molar-refractivity contribution < 1.29 is 13.2 Å². The zero-order valence-electron chi connectivity index (χ0n) is 17.3. The number of amides is 1. The fourth-order valence-corrected chi connectivity index (χ4v) is 4.68. The number of hydrogen-bond donors (Lipinski definition) is 2. The normalized spacial score (nSPS) is 11.5. The maximum Gasteiger partial charge on any atom is 0.272 e. The van der Waals surface area contributed by atoms with E-state index in [4.69, 9.17) is 11.6 Å². The first kappa shape index (κ1) is 21.8. The molecule has 2 N–H and O–H groups in total. The van der Waals surface area contributed by atoms with Crippen LogP contribution in [0.3, 0.4) is 0 Å². The van der Waals surface area contributed by atoms with Gasteiger partial charge in [-0.25, -0.2) is 23.1 Å². The Morgan fingerprint density at radius 3 is 2.44 bits per heavy atom. The van der Waals surface area contributed by atoms with Crippen LogP contribution in [-0.4, -0.2) is 28.9 Å². The number of rotatable bonds is 6. The second kappa shape index (κ2) is 8.60. The number of aryl methyl sites for hydroxylation is 2. The number of halogens is 1. The van der Waals surface area contributed by atoms with E-state index in [0.29, 0.717) is 22.9 Å². The molecule has 10 heteroatoms. The Balaban J connectivity index is 1.58. The van der Waals surface area contributed by atoms with Gasteiger partial charge in [-0.2, -0.15) is 0 Å². The van der Waals surface area contributed by atoms with Crippen LogP contribution in [0.2, 0.25) is 5.02 Å². The average molecular weight is 470 g/mol. The first-order chi connectivity index (χ1) is 15.3. The van der Waals surface area contributed by atoms with Crippen LogP contribution in [0, 0.1) is 6.92 Å². The summed E-state index contributed by atoms with van der Waals surface area (Å²) in [6.07, 6.45) is 2.88. The summed E-state index contributed by atoms with van der Waals surface area (Å²) in [6, 6.07) is 13.0. The molecular weight excluding hydrogens is 450 g/mol. The van der Waals surface area contributed by atoms with Crippen molar-refractivity contribution in [1.29, 1.82) is 0 Å². The molecule has 0 aliphatic carbocycles. The van der Waals surface area contributed by atoms with E-state index in [-0.39, 0.29) is 16.8 Å². The van der Waals surface area contributed by atoms with E-state index in [2.05, 4.69) is 20.0 Å². The number of carbonyl (C=O) groups excluding carboxylic acids is 1. The summed E-state index contributed by atoms with van der Waals surface area (Å²) in [5.41, 5.74) is 2.75. The molecule has 8 nitrogen and oxygen atoms in total. The highest BCUT2D eigenvalue weighted by Gasteiger charge is 2.20. The lowest BCUT2D eigenvalue weighted by molar-refractivity contribution is 0.101. The van der Waals surface area contributed by atoms with Crippen LogP contribution < -0.4 is 10.0 Å². The summed E-state index contributed by atoms with van der Waals surface area (Å²) in [7, 11) is -3.85. The number of carbonyl (C=O) groups is 1. The van der Waals surface area contributed by atoms with Crippen molar-refractivity contribution in [3.05, 3.63) is 77.2 Å². The highest BCUT2D eigenvalue weighted by atomic mass is 35.5. The van der Waals surface area contributed by atoms with Gasteiger partial charge in [0.2, 0.25) is 5.95 Å². The first-order valence-corrected chi connectivity index (χ1v) is 11.7. The summed E-state index contributed by atoms with van der Waals surface area (Å²) >= 11 is 6.14. The lowest BCUT2D eigenvalue weighted by Gasteiger charge is -2.11. The molecule has 0 aliphatic rings. The van der Waals surface area contributed by atoms with Gasteiger partial charge < -0.3 is 9.88 Å². The molecule has 0 saturated carbocycles. The van der Waals surface area contributed by atoms with E-state index in [1.54, 1.807) is 12.1 Å². The largest absolute Gasteiger partial charge is 0.337 e. The van der Waals surface area contributed by atoms with Gasteiger partial charge in [-0.3, -0.25) is 4.79 Å². The lowest BCUT2D eigenvalue weighted by atomic mass is 10.1. The predicted octanol–water partition coefficient (Wildman–Crippen LogP) is 4.47. The van der Waals surface area contributed by atoms with Crippen LogP contribution in [0.4, 0.5) is 11.6 Å². The van der Waals surface area contributed by atoms with Crippen molar-refractivity contribution >= 4 is 50.1 Å². The van der Waals surface area contributed by atoms with Crippen molar-refractivity contribution in [2.24, 2.45) is 0 Å². The van der Waals surface area contributed by atoms with Gasteiger partial charge >= 0.3 is 0 Å². The van der Waals surface area contributed by atoms with Crippen LogP contribution in [0.1, 0.15) is 23.0 Å². The summed E-state index contributed by atoms with van der Waals surface area (Å²) in [5, 5.41) is 4.37. The lowest BCUT2D eigenvalue weighted by Crippen LogP contribution is -2.18.